The molecule has 0 bridgehead atoms. The maximum Gasteiger partial charge on any atom is 0.325 e. The predicted molar refractivity (Wildman–Crippen MR) is 73.0 cm³/mol. The van der Waals surface area contributed by atoms with Gasteiger partial charge < -0.3 is 9.84 Å². The Labute approximate surface area is 114 Å². The van der Waals surface area contributed by atoms with Gasteiger partial charge in [0.15, 0.2) is 0 Å². The van der Waals surface area contributed by atoms with Crippen LogP contribution in [-0.2, 0) is 9.53 Å². The summed E-state index contributed by atoms with van der Waals surface area (Å²) in [6.45, 7) is 2.33. The van der Waals surface area contributed by atoms with E-state index in [1.165, 1.54) is 0 Å². The molecule has 1 aliphatic rings. The summed E-state index contributed by atoms with van der Waals surface area (Å²) in [4.78, 5) is 13.4. The fourth-order valence-electron chi connectivity index (χ4n) is 2.68. The van der Waals surface area contributed by atoms with Crippen LogP contribution in [-0.4, -0.2) is 42.8 Å². The Morgan fingerprint density at radius 1 is 1.47 bits per heavy atom. The van der Waals surface area contributed by atoms with E-state index in [0.717, 1.165) is 38.2 Å². The van der Waals surface area contributed by atoms with Crippen LogP contribution < -0.4 is 0 Å². The Hall–Kier alpha value is -1.39. The molecule has 104 valence electrons. The second-order valence-corrected chi connectivity index (χ2v) is 5.17. The zero-order chi connectivity index (χ0) is 13.7. The van der Waals surface area contributed by atoms with Crippen molar-refractivity contribution in [1.82, 2.24) is 4.90 Å². The molecule has 1 heterocycles. The quantitative estimate of drug-likeness (QED) is 0.884. The SMILES string of the molecule is CN(CC1CCCOC1)C(C(=O)O)c1ccccc1. The number of rotatable bonds is 5. The summed E-state index contributed by atoms with van der Waals surface area (Å²) >= 11 is 0. The highest BCUT2D eigenvalue weighted by molar-refractivity contribution is 5.75. The van der Waals surface area contributed by atoms with Crippen molar-refractivity contribution in [3.05, 3.63) is 35.9 Å². The maximum atomic E-state index is 11.5. The van der Waals surface area contributed by atoms with Gasteiger partial charge in [0.2, 0.25) is 0 Å². The van der Waals surface area contributed by atoms with Gasteiger partial charge in [0.1, 0.15) is 6.04 Å². The number of aliphatic carboxylic acids is 1. The lowest BCUT2D eigenvalue weighted by Gasteiger charge is -2.30. The van der Waals surface area contributed by atoms with Crippen molar-refractivity contribution in [3.8, 4) is 0 Å². The molecule has 0 spiro atoms. The molecule has 2 rings (SSSR count). The number of nitrogens with zero attached hydrogens (tertiary/aromatic N) is 1. The number of hydrogen-bond donors (Lipinski definition) is 1. The number of benzene rings is 1. The largest absolute Gasteiger partial charge is 0.480 e. The molecule has 0 amide bonds. The highest BCUT2D eigenvalue weighted by Crippen LogP contribution is 2.23. The molecule has 0 radical (unpaired) electrons. The van der Waals surface area contributed by atoms with E-state index in [1.807, 2.05) is 42.3 Å². The third kappa shape index (κ3) is 3.78. The monoisotopic (exact) mass is 263 g/mol. The molecule has 1 aliphatic heterocycles. The van der Waals surface area contributed by atoms with Crippen LogP contribution in [0, 0.1) is 5.92 Å². The Morgan fingerprint density at radius 3 is 2.79 bits per heavy atom. The number of carbonyl (C=O) groups is 1. The van der Waals surface area contributed by atoms with Crippen molar-refractivity contribution in [1.29, 1.82) is 0 Å². The van der Waals surface area contributed by atoms with E-state index in [0.29, 0.717) is 5.92 Å². The zero-order valence-electron chi connectivity index (χ0n) is 11.3. The lowest BCUT2D eigenvalue weighted by Crippen LogP contribution is -2.37. The number of carboxylic acid groups (broad SMARTS) is 1. The van der Waals surface area contributed by atoms with Gasteiger partial charge in [0, 0.05) is 13.2 Å². The van der Waals surface area contributed by atoms with Crippen molar-refractivity contribution < 1.29 is 14.6 Å². The first-order valence-corrected chi connectivity index (χ1v) is 6.74. The molecular formula is C15H21NO3. The molecule has 1 aromatic carbocycles. The van der Waals surface area contributed by atoms with Gasteiger partial charge in [0.05, 0.1) is 6.61 Å². The summed E-state index contributed by atoms with van der Waals surface area (Å²) < 4.78 is 5.45. The van der Waals surface area contributed by atoms with Crippen molar-refractivity contribution >= 4 is 5.97 Å². The standard InChI is InChI=1S/C15H21NO3/c1-16(10-12-6-5-9-19-11-12)14(15(17)18)13-7-3-2-4-8-13/h2-4,7-8,12,14H,5-6,9-11H2,1H3,(H,17,18). The van der Waals surface area contributed by atoms with Crippen molar-refractivity contribution in [3.63, 3.8) is 0 Å². The third-order valence-corrected chi connectivity index (χ3v) is 3.59. The summed E-state index contributed by atoms with van der Waals surface area (Å²) in [6.07, 6.45) is 2.19. The van der Waals surface area contributed by atoms with Crippen LogP contribution in [0.4, 0.5) is 0 Å². The summed E-state index contributed by atoms with van der Waals surface area (Å²) in [5.74, 6) is -0.366. The third-order valence-electron chi connectivity index (χ3n) is 3.59. The Morgan fingerprint density at radius 2 is 2.21 bits per heavy atom. The number of hydrogen-bond acceptors (Lipinski definition) is 3. The molecule has 19 heavy (non-hydrogen) atoms. The van der Waals surface area contributed by atoms with Crippen molar-refractivity contribution in [2.24, 2.45) is 5.92 Å². The molecule has 1 aromatic rings. The highest BCUT2D eigenvalue weighted by atomic mass is 16.5. The van der Waals surface area contributed by atoms with E-state index in [4.69, 9.17) is 4.74 Å². The normalized spacial score (nSPS) is 21.3. The van der Waals surface area contributed by atoms with E-state index in [9.17, 15) is 9.90 Å². The lowest BCUT2D eigenvalue weighted by molar-refractivity contribution is -0.143. The summed E-state index contributed by atoms with van der Waals surface area (Å²) in [5, 5.41) is 9.45. The zero-order valence-corrected chi connectivity index (χ0v) is 11.3. The van der Waals surface area contributed by atoms with E-state index < -0.39 is 12.0 Å². The first-order chi connectivity index (χ1) is 9.18. The number of carboxylic acids is 1. The van der Waals surface area contributed by atoms with Crippen LogP contribution in [0.3, 0.4) is 0 Å². The molecule has 1 N–H and O–H groups in total. The predicted octanol–water partition coefficient (Wildman–Crippen LogP) is 2.17. The molecule has 2 atom stereocenters. The van der Waals surface area contributed by atoms with Crippen molar-refractivity contribution in [2.75, 3.05) is 26.8 Å². The minimum absolute atomic E-state index is 0.435. The van der Waals surface area contributed by atoms with Gasteiger partial charge in [-0.15, -0.1) is 0 Å². The van der Waals surface area contributed by atoms with Crippen LogP contribution in [0.15, 0.2) is 30.3 Å². The number of likely N-dealkylation sites (N-methyl/N-ethyl adjacent to an activating group) is 1. The van der Waals surface area contributed by atoms with Gasteiger partial charge >= 0.3 is 5.97 Å². The molecule has 4 nitrogen and oxygen atoms in total. The maximum absolute atomic E-state index is 11.5. The topological polar surface area (TPSA) is 49.8 Å². The van der Waals surface area contributed by atoms with Crippen LogP contribution in [0.1, 0.15) is 24.4 Å². The average Bonchev–Trinajstić information content (AvgIpc) is 2.40. The van der Waals surface area contributed by atoms with Crippen LogP contribution in [0.25, 0.3) is 0 Å². The number of ether oxygens (including phenoxy) is 1. The average molecular weight is 263 g/mol. The van der Waals surface area contributed by atoms with E-state index in [-0.39, 0.29) is 0 Å². The van der Waals surface area contributed by atoms with Gasteiger partial charge in [-0.25, -0.2) is 0 Å². The molecular weight excluding hydrogens is 242 g/mol. The van der Waals surface area contributed by atoms with Crippen LogP contribution >= 0.6 is 0 Å². The fourth-order valence-corrected chi connectivity index (χ4v) is 2.68. The highest BCUT2D eigenvalue weighted by Gasteiger charge is 2.27. The molecule has 1 saturated heterocycles. The Kier molecular flexibility index (Phi) is 4.93. The minimum Gasteiger partial charge on any atom is -0.480 e. The summed E-state index contributed by atoms with van der Waals surface area (Å²) in [6, 6.07) is 8.81. The van der Waals surface area contributed by atoms with Crippen molar-refractivity contribution in [2.45, 2.75) is 18.9 Å². The summed E-state index contributed by atoms with van der Waals surface area (Å²) in [7, 11) is 1.88. The lowest BCUT2D eigenvalue weighted by atomic mass is 9.99. The Bertz CT molecular complexity index is 401. The van der Waals surface area contributed by atoms with E-state index in [1.54, 1.807) is 0 Å². The molecule has 0 aliphatic carbocycles. The van der Waals surface area contributed by atoms with Gasteiger partial charge in [0.25, 0.3) is 0 Å². The summed E-state index contributed by atoms with van der Waals surface area (Å²) in [5.41, 5.74) is 0.828. The smallest absolute Gasteiger partial charge is 0.325 e. The van der Waals surface area contributed by atoms with Gasteiger partial charge in [-0.05, 0) is 31.4 Å². The van der Waals surface area contributed by atoms with Gasteiger partial charge in [-0.1, -0.05) is 30.3 Å². The Balaban J connectivity index is 2.04. The van der Waals surface area contributed by atoms with Crippen LogP contribution in [0.5, 0.6) is 0 Å². The molecule has 2 unspecified atom stereocenters. The fraction of sp³-hybridized carbons (Fsp3) is 0.533. The first kappa shape index (κ1) is 14.0. The molecule has 4 heteroatoms. The van der Waals surface area contributed by atoms with E-state index in [2.05, 4.69) is 0 Å². The van der Waals surface area contributed by atoms with Gasteiger partial charge in [-0.3, -0.25) is 9.69 Å². The van der Waals surface area contributed by atoms with Gasteiger partial charge in [-0.2, -0.15) is 0 Å². The second-order valence-electron chi connectivity index (χ2n) is 5.17. The first-order valence-electron chi connectivity index (χ1n) is 6.74. The molecule has 0 saturated carbocycles. The van der Waals surface area contributed by atoms with Crippen LogP contribution in [0.2, 0.25) is 0 Å². The minimum atomic E-state index is -0.801. The van der Waals surface area contributed by atoms with E-state index >= 15 is 0 Å². The molecule has 1 fully saturated rings. The second kappa shape index (κ2) is 6.68. The molecule has 0 aromatic heterocycles.